The van der Waals surface area contributed by atoms with Crippen molar-refractivity contribution in [2.45, 2.75) is 19.6 Å². The van der Waals surface area contributed by atoms with Gasteiger partial charge >= 0.3 is 0 Å². The number of benzene rings is 1. The van der Waals surface area contributed by atoms with Crippen molar-refractivity contribution in [3.63, 3.8) is 0 Å². The summed E-state index contributed by atoms with van der Waals surface area (Å²) in [6, 6.07) is 9.89. The molecule has 122 valence electrons. The molecule has 6 nitrogen and oxygen atoms in total. The normalized spacial score (nSPS) is 19.0. The molecule has 1 unspecified atom stereocenters. The number of hydrogen-bond donors (Lipinski definition) is 1. The first-order valence-electron chi connectivity index (χ1n) is 7.80. The minimum atomic E-state index is -0.702. The lowest BCUT2D eigenvalue weighted by atomic mass is 10.2. The van der Waals surface area contributed by atoms with E-state index in [4.69, 9.17) is 0 Å². The van der Waals surface area contributed by atoms with Gasteiger partial charge in [0.1, 0.15) is 6.54 Å². The fourth-order valence-electron chi connectivity index (χ4n) is 3.03. The Kier molecular flexibility index (Phi) is 4.34. The molecule has 1 fully saturated rings. The Bertz CT molecular complexity index is 725. The highest BCUT2D eigenvalue weighted by molar-refractivity contribution is 5.83. The average Bonchev–Trinajstić information content (AvgIpc) is 2.81. The molecule has 2 amide bonds. The van der Waals surface area contributed by atoms with Crippen molar-refractivity contribution in [3.05, 3.63) is 36.5 Å². The number of fused-ring (bicyclic) bond motifs is 1. The molecule has 1 saturated heterocycles. The first-order chi connectivity index (χ1) is 11.0. The lowest BCUT2D eigenvalue weighted by Crippen LogP contribution is -2.39. The van der Waals surface area contributed by atoms with Crippen molar-refractivity contribution in [2.75, 3.05) is 26.2 Å². The maximum absolute atomic E-state index is 12.6. The highest BCUT2D eigenvalue weighted by atomic mass is 16.3. The molecule has 0 saturated carbocycles. The number of para-hydroxylation sites is 1. The molecule has 0 bridgehead atoms. The largest absolute Gasteiger partial charge is 0.389 e. The standard InChI is InChI=1S/C17H21N3O3/c1-13(21)18-8-9-20(11-15(22)10-18)17(23)12-19-7-6-14-4-2-3-5-16(14)19/h2-7,15,22H,8-12H2,1H3. The lowest BCUT2D eigenvalue weighted by molar-refractivity contribution is -0.133. The quantitative estimate of drug-likeness (QED) is 0.887. The Morgan fingerprint density at radius 1 is 1.13 bits per heavy atom. The van der Waals surface area contributed by atoms with Crippen LogP contribution in [0, 0.1) is 0 Å². The molecule has 1 aromatic heterocycles. The fraction of sp³-hybridized carbons (Fsp3) is 0.412. The van der Waals surface area contributed by atoms with Crippen LogP contribution < -0.4 is 0 Å². The Balaban J connectivity index is 1.71. The number of aliphatic hydroxyl groups is 1. The van der Waals surface area contributed by atoms with Gasteiger partial charge in [-0.05, 0) is 17.5 Å². The zero-order valence-corrected chi connectivity index (χ0v) is 13.2. The van der Waals surface area contributed by atoms with Gasteiger partial charge in [0.05, 0.1) is 6.10 Å². The predicted molar refractivity (Wildman–Crippen MR) is 86.8 cm³/mol. The van der Waals surface area contributed by atoms with Crippen LogP contribution in [0.4, 0.5) is 0 Å². The van der Waals surface area contributed by atoms with Crippen LogP contribution in [0.2, 0.25) is 0 Å². The number of rotatable bonds is 2. The van der Waals surface area contributed by atoms with Gasteiger partial charge in [0.15, 0.2) is 0 Å². The van der Waals surface area contributed by atoms with Gasteiger partial charge in [0.25, 0.3) is 0 Å². The summed E-state index contributed by atoms with van der Waals surface area (Å²) in [4.78, 5) is 27.3. The third-order valence-electron chi connectivity index (χ3n) is 4.29. The van der Waals surface area contributed by atoms with E-state index in [0.29, 0.717) is 13.1 Å². The predicted octanol–water partition coefficient (Wildman–Crippen LogP) is 0.693. The fourth-order valence-corrected chi connectivity index (χ4v) is 3.03. The minimum Gasteiger partial charge on any atom is -0.389 e. The second kappa shape index (κ2) is 6.42. The SMILES string of the molecule is CC(=O)N1CCN(C(=O)Cn2ccc3ccccc32)CC(O)C1. The molecule has 0 radical (unpaired) electrons. The number of amides is 2. The smallest absolute Gasteiger partial charge is 0.242 e. The highest BCUT2D eigenvalue weighted by Gasteiger charge is 2.25. The summed E-state index contributed by atoms with van der Waals surface area (Å²) in [5.41, 5.74) is 1.02. The maximum atomic E-state index is 12.6. The van der Waals surface area contributed by atoms with Crippen LogP contribution in [0.15, 0.2) is 36.5 Å². The topological polar surface area (TPSA) is 65.8 Å². The molecule has 0 spiro atoms. The van der Waals surface area contributed by atoms with Crippen LogP contribution in [0.25, 0.3) is 10.9 Å². The van der Waals surface area contributed by atoms with Gasteiger partial charge in [-0.1, -0.05) is 18.2 Å². The van der Waals surface area contributed by atoms with Crippen LogP contribution in [-0.4, -0.2) is 63.6 Å². The summed E-state index contributed by atoms with van der Waals surface area (Å²) >= 11 is 0. The Morgan fingerprint density at radius 2 is 1.83 bits per heavy atom. The number of β-amino-alcohol motifs (C(OH)–C–C–N with tert-alkyl or cyclic N) is 1. The highest BCUT2D eigenvalue weighted by Crippen LogP contribution is 2.15. The molecule has 23 heavy (non-hydrogen) atoms. The van der Waals surface area contributed by atoms with Crippen LogP contribution >= 0.6 is 0 Å². The second-order valence-electron chi connectivity index (χ2n) is 5.96. The van der Waals surface area contributed by atoms with Crippen LogP contribution in [0.3, 0.4) is 0 Å². The Morgan fingerprint density at radius 3 is 2.61 bits per heavy atom. The van der Waals surface area contributed by atoms with Crippen molar-refractivity contribution < 1.29 is 14.7 Å². The van der Waals surface area contributed by atoms with Crippen molar-refractivity contribution in [1.82, 2.24) is 14.4 Å². The lowest BCUT2D eigenvalue weighted by Gasteiger charge is -2.22. The number of aliphatic hydroxyl groups excluding tert-OH is 1. The molecule has 1 aliphatic rings. The number of carbonyl (C=O) groups excluding carboxylic acids is 2. The molecule has 2 heterocycles. The number of hydrogen-bond acceptors (Lipinski definition) is 3. The summed E-state index contributed by atoms with van der Waals surface area (Å²) < 4.78 is 1.91. The van der Waals surface area contributed by atoms with E-state index in [1.54, 1.807) is 9.80 Å². The van der Waals surface area contributed by atoms with Crippen LogP contribution in [0.5, 0.6) is 0 Å². The number of nitrogens with zero attached hydrogens (tertiary/aromatic N) is 3. The zero-order chi connectivity index (χ0) is 16.4. The minimum absolute atomic E-state index is 0.0456. The zero-order valence-electron chi connectivity index (χ0n) is 13.2. The monoisotopic (exact) mass is 315 g/mol. The maximum Gasteiger partial charge on any atom is 0.242 e. The molecule has 1 atom stereocenters. The second-order valence-corrected chi connectivity index (χ2v) is 5.96. The first-order valence-corrected chi connectivity index (χ1v) is 7.80. The average molecular weight is 315 g/mol. The van der Waals surface area contributed by atoms with Gasteiger partial charge in [-0.3, -0.25) is 9.59 Å². The summed E-state index contributed by atoms with van der Waals surface area (Å²) in [6.07, 6.45) is 1.20. The number of carbonyl (C=O) groups is 2. The first kappa shape index (κ1) is 15.6. The van der Waals surface area contributed by atoms with E-state index in [0.717, 1.165) is 10.9 Å². The van der Waals surface area contributed by atoms with E-state index in [-0.39, 0.29) is 31.4 Å². The number of aromatic nitrogens is 1. The molecule has 2 aromatic rings. The van der Waals surface area contributed by atoms with Gasteiger partial charge in [-0.25, -0.2) is 0 Å². The molecular weight excluding hydrogens is 294 g/mol. The van der Waals surface area contributed by atoms with Crippen molar-refractivity contribution in [3.8, 4) is 0 Å². The van der Waals surface area contributed by atoms with E-state index < -0.39 is 6.10 Å². The van der Waals surface area contributed by atoms with Crippen LogP contribution in [0.1, 0.15) is 6.92 Å². The van der Waals surface area contributed by atoms with Gasteiger partial charge < -0.3 is 19.5 Å². The molecule has 1 N–H and O–H groups in total. The van der Waals surface area contributed by atoms with E-state index in [9.17, 15) is 14.7 Å². The summed E-state index contributed by atoms with van der Waals surface area (Å²) in [5.74, 6) is -0.120. The van der Waals surface area contributed by atoms with E-state index in [2.05, 4.69) is 0 Å². The van der Waals surface area contributed by atoms with Crippen molar-refractivity contribution in [1.29, 1.82) is 0 Å². The third-order valence-corrected chi connectivity index (χ3v) is 4.29. The third kappa shape index (κ3) is 3.37. The molecule has 1 aromatic carbocycles. The van der Waals surface area contributed by atoms with Gasteiger partial charge in [0.2, 0.25) is 11.8 Å². The van der Waals surface area contributed by atoms with Gasteiger partial charge in [-0.2, -0.15) is 0 Å². The van der Waals surface area contributed by atoms with E-state index in [1.807, 2.05) is 41.1 Å². The molecular formula is C17H21N3O3. The van der Waals surface area contributed by atoms with E-state index in [1.165, 1.54) is 6.92 Å². The Labute approximate surface area is 134 Å². The van der Waals surface area contributed by atoms with Gasteiger partial charge in [0, 0.05) is 44.8 Å². The van der Waals surface area contributed by atoms with Crippen molar-refractivity contribution >= 4 is 22.7 Å². The van der Waals surface area contributed by atoms with Gasteiger partial charge in [-0.15, -0.1) is 0 Å². The summed E-state index contributed by atoms with van der Waals surface area (Å²) in [6.45, 7) is 3.18. The molecule has 1 aliphatic heterocycles. The summed E-state index contributed by atoms with van der Waals surface area (Å²) in [7, 11) is 0. The van der Waals surface area contributed by atoms with Crippen LogP contribution in [-0.2, 0) is 16.1 Å². The van der Waals surface area contributed by atoms with Crippen molar-refractivity contribution in [2.24, 2.45) is 0 Å². The molecule has 0 aliphatic carbocycles. The molecule has 6 heteroatoms. The molecule has 3 rings (SSSR count). The summed E-state index contributed by atoms with van der Waals surface area (Å²) in [5, 5.41) is 11.1. The Hall–Kier alpha value is -2.34. The van der Waals surface area contributed by atoms with E-state index >= 15 is 0 Å².